The predicted octanol–water partition coefficient (Wildman–Crippen LogP) is 5.82. The summed E-state index contributed by atoms with van der Waals surface area (Å²) in [5.74, 6) is 0.471. The summed E-state index contributed by atoms with van der Waals surface area (Å²) in [7, 11) is 0. The molecule has 6 nitrogen and oxygen atoms in total. The first-order valence-corrected chi connectivity index (χ1v) is 14.1. The minimum absolute atomic E-state index is 0.0128. The van der Waals surface area contributed by atoms with Gasteiger partial charge < -0.3 is 9.64 Å². The Morgan fingerprint density at radius 3 is 2.31 bits per heavy atom. The van der Waals surface area contributed by atoms with E-state index in [9.17, 15) is 14.4 Å². The molecule has 0 aromatic heterocycles. The summed E-state index contributed by atoms with van der Waals surface area (Å²) < 4.78 is 5.43. The lowest BCUT2D eigenvalue weighted by atomic mass is 9.63. The Morgan fingerprint density at radius 2 is 1.69 bits per heavy atom. The maximum Gasteiger partial charge on any atom is 0.410 e. The summed E-state index contributed by atoms with van der Waals surface area (Å²) in [4.78, 5) is 42.8. The molecule has 0 N–H and O–H groups in total. The first kappa shape index (κ1) is 25.6. The molecule has 36 heavy (non-hydrogen) atoms. The number of halogens is 1. The van der Waals surface area contributed by atoms with Crippen LogP contribution in [0.15, 0.2) is 24.3 Å². The van der Waals surface area contributed by atoms with Crippen molar-refractivity contribution in [3.8, 4) is 0 Å². The average molecular weight is 515 g/mol. The Kier molecular flexibility index (Phi) is 7.10. The molecule has 0 unspecified atom stereocenters. The number of likely N-dealkylation sites (tertiary alicyclic amines) is 1. The molecule has 5 rings (SSSR count). The fourth-order valence-corrected chi connectivity index (χ4v) is 7.36. The van der Waals surface area contributed by atoms with Gasteiger partial charge in [-0.15, -0.1) is 0 Å². The number of hydrogen-bond donors (Lipinski definition) is 0. The zero-order valence-corrected chi connectivity index (χ0v) is 22.4. The van der Waals surface area contributed by atoms with Gasteiger partial charge in [0, 0.05) is 43.4 Å². The quantitative estimate of drug-likeness (QED) is 0.496. The molecule has 1 aromatic carbocycles. The lowest BCUT2D eigenvalue weighted by molar-refractivity contribution is -0.140. The molecule has 0 radical (unpaired) electrons. The van der Waals surface area contributed by atoms with E-state index in [1.165, 1.54) is 32.1 Å². The number of piperidine rings is 1. The Balaban J connectivity index is 1.32. The molecular weight excluding hydrogens is 476 g/mol. The number of Topliss-reactive ketones (excluding diaryl/α,β-unsaturated/α-hetero) is 1. The molecular formula is C29H39ClN2O4. The van der Waals surface area contributed by atoms with Gasteiger partial charge in [-0.2, -0.15) is 0 Å². The second kappa shape index (κ2) is 10.00. The second-order valence-electron chi connectivity index (χ2n) is 12.2. The highest BCUT2D eigenvalue weighted by Gasteiger charge is 2.50. The van der Waals surface area contributed by atoms with Crippen LogP contribution in [0.3, 0.4) is 0 Å². The number of ketones is 1. The first-order chi connectivity index (χ1) is 17.2. The van der Waals surface area contributed by atoms with Crippen molar-refractivity contribution < 1.29 is 19.1 Å². The van der Waals surface area contributed by atoms with E-state index in [1.54, 1.807) is 0 Å². The molecule has 0 bridgehead atoms. The van der Waals surface area contributed by atoms with Gasteiger partial charge in [-0.3, -0.25) is 14.5 Å². The van der Waals surface area contributed by atoms with Crippen molar-refractivity contribution >= 4 is 29.4 Å². The third-order valence-corrected chi connectivity index (χ3v) is 9.76. The number of amides is 2. The molecule has 7 heteroatoms. The molecule has 2 aliphatic heterocycles. The molecule has 2 heterocycles. The molecule has 196 valence electrons. The van der Waals surface area contributed by atoms with Crippen LogP contribution in [0, 0.1) is 17.3 Å². The zero-order valence-electron chi connectivity index (χ0n) is 21.6. The van der Waals surface area contributed by atoms with Crippen molar-refractivity contribution in [3.63, 3.8) is 0 Å². The summed E-state index contributed by atoms with van der Waals surface area (Å²) in [6.07, 6.45) is 8.52. The number of carbonyl (C=O) groups excluding carboxylic acids is 3. The average Bonchev–Trinajstić information content (AvgIpc) is 3.39. The number of hydrogen-bond acceptors (Lipinski definition) is 4. The van der Waals surface area contributed by atoms with Crippen LogP contribution in [0.1, 0.15) is 83.1 Å². The van der Waals surface area contributed by atoms with Gasteiger partial charge in [0.1, 0.15) is 12.4 Å². The number of carbonyl (C=O) groups is 3. The van der Waals surface area contributed by atoms with E-state index < -0.39 is 0 Å². The second-order valence-corrected chi connectivity index (χ2v) is 12.6. The van der Waals surface area contributed by atoms with Crippen LogP contribution in [0.25, 0.3) is 0 Å². The molecule has 2 aliphatic carbocycles. The fraction of sp³-hybridized carbons (Fsp3) is 0.690. The summed E-state index contributed by atoms with van der Waals surface area (Å²) in [6, 6.07) is 7.58. The van der Waals surface area contributed by atoms with E-state index in [2.05, 4.69) is 13.8 Å². The molecule has 2 amide bonds. The number of benzene rings is 1. The normalized spacial score (nSPS) is 28.4. The lowest BCUT2D eigenvalue weighted by Gasteiger charge is -2.51. The van der Waals surface area contributed by atoms with Gasteiger partial charge in [0.15, 0.2) is 0 Å². The van der Waals surface area contributed by atoms with Crippen LogP contribution in [-0.2, 0) is 14.3 Å². The predicted molar refractivity (Wildman–Crippen MR) is 139 cm³/mol. The van der Waals surface area contributed by atoms with E-state index >= 15 is 0 Å². The largest absolute Gasteiger partial charge is 0.447 e. The molecule has 4 fully saturated rings. The fourth-order valence-electron chi connectivity index (χ4n) is 7.23. The van der Waals surface area contributed by atoms with E-state index in [1.807, 2.05) is 34.1 Å². The van der Waals surface area contributed by atoms with Crippen LogP contribution in [-0.4, -0.2) is 59.4 Å². The van der Waals surface area contributed by atoms with Gasteiger partial charge in [-0.1, -0.05) is 43.0 Å². The molecule has 4 aliphatic rings. The lowest BCUT2D eigenvalue weighted by Crippen LogP contribution is -2.55. The zero-order chi connectivity index (χ0) is 25.5. The van der Waals surface area contributed by atoms with Crippen LogP contribution in [0.2, 0.25) is 5.02 Å². The van der Waals surface area contributed by atoms with E-state index in [0.717, 1.165) is 18.4 Å². The first-order valence-electron chi connectivity index (χ1n) is 13.7. The molecule has 2 saturated heterocycles. The van der Waals surface area contributed by atoms with Crippen molar-refractivity contribution in [2.24, 2.45) is 17.3 Å². The van der Waals surface area contributed by atoms with Crippen molar-refractivity contribution in [2.45, 2.75) is 83.1 Å². The number of nitrogens with zero attached hydrogens (tertiary/aromatic N) is 2. The van der Waals surface area contributed by atoms with Crippen LogP contribution < -0.4 is 0 Å². The van der Waals surface area contributed by atoms with Crippen LogP contribution in [0.5, 0.6) is 0 Å². The Morgan fingerprint density at radius 1 is 1.03 bits per heavy atom. The van der Waals surface area contributed by atoms with Gasteiger partial charge >= 0.3 is 6.09 Å². The highest BCUT2D eigenvalue weighted by atomic mass is 35.5. The van der Waals surface area contributed by atoms with E-state index in [4.69, 9.17) is 16.3 Å². The minimum Gasteiger partial charge on any atom is -0.447 e. The number of cyclic esters (lactones) is 1. The minimum atomic E-state index is -0.304. The summed E-state index contributed by atoms with van der Waals surface area (Å²) >= 11 is 6.07. The van der Waals surface area contributed by atoms with Gasteiger partial charge in [-0.05, 0) is 68.6 Å². The third-order valence-electron chi connectivity index (χ3n) is 9.51. The summed E-state index contributed by atoms with van der Waals surface area (Å²) in [6.45, 7) is 6.69. The SMILES string of the molecule is CC1(C)COC(=O)N1CC1(C2CCCCC2)CCN(C(=O)[C@@H]2CC(=O)C[C@@H]2c2ccc(Cl)cc2)CC1. The Labute approximate surface area is 219 Å². The van der Waals surface area contributed by atoms with Gasteiger partial charge in [0.05, 0.1) is 11.5 Å². The van der Waals surface area contributed by atoms with Crippen LogP contribution in [0.4, 0.5) is 4.79 Å². The molecule has 2 atom stereocenters. The number of ether oxygens (including phenoxy) is 1. The smallest absolute Gasteiger partial charge is 0.410 e. The van der Waals surface area contributed by atoms with Crippen molar-refractivity contribution in [1.29, 1.82) is 0 Å². The van der Waals surface area contributed by atoms with Gasteiger partial charge in [-0.25, -0.2) is 4.79 Å². The highest BCUT2D eigenvalue weighted by molar-refractivity contribution is 6.30. The molecule has 1 aromatic rings. The van der Waals surface area contributed by atoms with Crippen molar-refractivity contribution in [3.05, 3.63) is 34.9 Å². The highest BCUT2D eigenvalue weighted by Crippen LogP contribution is 2.48. The van der Waals surface area contributed by atoms with Crippen molar-refractivity contribution in [1.82, 2.24) is 9.80 Å². The number of rotatable bonds is 5. The topological polar surface area (TPSA) is 66.9 Å². The maximum absolute atomic E-state index is 13.7. The standard InChI is InChI=1S/C29H39ClN2O4/c1-28(2)19-36-27(35)32(28)18-29(21-6-4-3-5-7-21)12-14-31(15-13-29)26(34)25-17-23(33)16-24(25)20-8-10-22(30)11-9-20/h8-11,21,24-25H,3-7,12-19H2,1-2H3/t24-,25-/m1/s1. The Hall–Kier alpha value is -2.08. The summed E-state index contributed by atoms with van der Waals surface area (Å²) in [5, 5.41) is 0.658. The third kappa shape index (κ3) is 4.90. The van der Waals surface area contributed by atoms with Gasteiger partial charge in [0.2, 0.25) is 5.91 Å². The van der Waals surface area contributed by atoms with E-state index in [0.29, 0.717) is 50.0 Å². The maximum atomic E-state index is 13.7. The molecule has 2 saturated carbocycles. The summed E-state index contributed by atoms with van der Waals surface area (Å²) in [5.41, 5.74) is 0.729. The Bertz CT molecular complexity index is 993. The monoisotopic (exact) mass is 514 g/mol. The molecule has 0 spiro atoms. The van der Waals surface area contributed by atoms with E-state index in [-0.39, 0.29) is 40.6 Å². The van der Waals surface area contributed by atoms with Crippen molar-refractivity contribution in [2.75, 3.05) is 26.2 Å². The van der Waals surface area contributed by atoms with Gasteiger partial charge in [0.25, 0.3) is 0 Å². The van der Waals surface area contributed by atoms with Crippen LogP contribution >= 0.6 is 11.6 Å².